The number of benzene rings is 2. The molecule has 0 spiro atoms. The van der Waals surface area contributed by atoms with Crippen molar-refractivity contribution >= 4 is 27.1 Å². The highest BCUT2D eigenvalue weighted by molar-refractivity contribution is 7.89. The van der Waals surface area contributed by atoms with E-state index in [2.05, 4.69) is 4.98 Å². The number of nitrogens with zero attached hydrogens (tertiary/aromatic N) is 2. The quantitative estimate of drug-likeness (QED) is 0.451. The summed E-state index contributed by atoms with van der Waals surface area (Å²) in [7, 11) is -1.91. The summed E-state index contributed by atoms with van der Waals surface area (Å²) in [6.45, 7) is 1.08. The maximum absolute atomic E-state index is 12.8. The van der Waals surface area contributed by atoms with Crippen molar-refractivity contribution in [3.8, 4) is 22.8 Å². The summed E-state index contributed by atoms with van der Waals surface area (Å²) in [5.41, 5.74) is 1.53. The second kappa shape index (κ2) is 10.5. The van der Waals surface area contributed by atoms with Gasteiger partial charge in [0.2, 0.25) is 10.0 Å². The fourth-order valence-electron chi connectivity index (χ4n) is 3.69. The molecule has 0 aliphatic carbocycles. The van der Waals surface area contributed by atoms with E-state index in [0.29, 0.717) is 34.5 Å². The molecule has 0 saturated carbocycles. The van der Waals surface area contributed by atoms with Gasteiger partial charge in [-0.05, 0) is 37.1 Å². The topological polar surface area (TPSA) is 85.8 Å². The van der Waals surface area contributed by atoms with Crippen molar-refractivity contribution in [2.75, 3.05) is 26.8 Å². The van der Waals surface area contributed by atoms with E-state index in [0.717, 1.165) is 30.5 Å². The second-order valence-electron chi connectivity index (χ2n) is 7.77. The van der Waals surface area contributed by atoms with Crippen LogP contribution in [0.4, 0.5) is 0 Å². The Morgan fingerprint density at radius 1 is 1.03 bits per heavy atom. The summed E-state index contributed by atoms with van der Waals surface area (Å²) in [6.07, 6.45) is 3.05. The average molecular weight is 487 g/mol. The monoisotopic (exact) mass is 486 g/mol. The molecule has 0 atom stereocenters. The van der Waals surface area contributed by atoms with E-state index in [1.165, 1.54) is 11.3 Å². The number of Topliss-reactive ketones (excluding diaryl/α,β-unsaturated/α-hetero) is 1. The smallest absolute Gasteiger partial charge is 0.243 e. The molecule has 0 N–H and O–H groups in total. The van der Waals surface area contributed by atoms with Crippen molar-refractivity contribution < 1.29 is 22.7 Å². The van der Waals surface area contributed by atoms with Crippen LogP contribution in [-0.4, -0.2) is 50.3 Å². The Balaban J connectivity index is 1.37. The molecule has 0 bridgehead atoms. The maximum Gasteiger partial charge on any atom is 0.243 e. The van der Waals surface area contributed by atoms with Crippen LogP contribution >= 0.6 is 11.3 Å². The Morgan fingerprint density at radius 2 is 1.73 bits per heavy atom. The molecule has 3 aromatic rings. The number of aromatic nitrogens is 1. The van der Waals surface area contributed by atoms with Gasteiger partial charge >= 0.3 is 0 Å². The summed E-state index contributed by atoms with van der Waals surface area (Å²) in [6, 6.07) is 14.0. The Kier molecular flexibility index (Phi) is 7.42. The number of carbonyl (C=O) groups is 1. The zero-order valence-corrected chi connectivity index (χ0v) is 20.0. The second-order valence-corrected chi connectivity index (χ2v) is 10.7. The zero-order chi connectivity index (χ0) is 23.3. The maximum atomic E-state index is 12.8. The molecule has 2 aromatic carbocycles. The van der Waals surface area contributed by atoms with E-state index < -0.39 is 10.0 Å². The number of sulfonamides is 1. The molecule has 1 aliphatic heterocycles. The van der Waals surface area contributed by atoms with Crippen LogP contribution < -0.4 is 9.47 Å². The van der Waals surface area contributed by atoms with Gasteiger partial charge in [0.05, 0.1) is 24.1 Å². The van der Waals surface area contributed by atoms with E-state index in [1.807, 2.05) is 17.5 Å². The third-order valence-corrected chi connectivity index (χ3v) is 8.22. The van der Waals surface area contributed by atoms with Gasteiger partial charge in [-0.3, -0.25) is 4.79 Å². The minimum atomic E-state index is -3.46. The number of hydrogen-bond acceptors (Lipinski definition) is 7. The lowest BCUT2D eigenvalue weighted by molar-refractivity contribution is -0.120. The first-order valence-corrected chi connectivity index (χ1v) is 13.1. The van der Waals surface area contributed by atoms with Crippen LogP contribution in [-0.2, 0) is 21.2 Å². The highest BCUT2D eigenvalue weighted by Crippen LogP contribution is 2.27. The van der Waals surface area contributed by atoms with E-state index in [4.69, 9.17) is 9.47 Å². The minimum Gasteiger partial charge on any atom is -0.493 e. The number of rotatable bonds is 9. The van der Waals surface area contributed by atoms with Gasteiger partial charge in [-0.2, -0.15) is 4.31 Å². The Bertz CT molecular complexity index is 1200. The highest BCUT2D eigenvalue weighted by atomic mass is 32.2. The molecule has 0 amide bonds. The first-order chi connectivity index (χ1) is 16.0. The van der Waals surface area contributed by atoms with Gasteiger partial charge in [0, 0.05) is 24.0 Å². The molecule has 1 fully saturated rings. The molecule has 7 nitrogen and oxygen atoms in total. The first-order valence-electron chi connectivity index (χ1n) is 10.8. The van der Waals surface area contributed by atoms with Gasteiger partial charge in [0.15, 0.2) is 17.3 Å². The summed E-state index contributed by atoms with van der Waals surface area (Å²) >= 11 is 1.40. The predicted octanol–water partition coefficient (Wildman–Crippen LogP) is 4.18. The first kappa shape index (κ1) is 23.4. The number of piperidine rings is 1. The molecular formula is C24H26N2O5S2. The number of thiazole rings is 1. The minimum absolute atomic E-state index is 0.0711. The van der Waals surface area contributed by atoms with Crippen LogP contribution in [0.2, 0.25) is 0 Å². The highest BCUT2D eigenvalue weighted by Gasteiger charge is 2.25. The third kappa shape index (κ3) is 5.61. The van der Waals surface area contributed by atoms with Crippen LogP contribution in [0.1, 0.15) is 24.3 Å². The molecule has 9 heteroatoms. The Morgan fingerprint density at radius 3 is 2.42 bits per heavy atom. The Hall–Kier alpha value is -2.75. The normalized spacial score (nSPS) is 14.7. The van der Waals surface area contributed by atoms with Crippen LogP contribution in [0, 0.1) is 0 Å². The molecule has 4 rings (SSSR count). The Labute approximate surface area is 198 Å². The lowest BCUT2D eigenvalue weighted by Gasteiger charge is -2.25. The predicted molar refractivity (Wildman–Crippen MR) is 127 cm³/mol. The van der Waals surface area contributed by atoms with Gasteiger partial charge < -0.3 is 9.47 Å². The largest absolute Gasteiger partial charge is 0.493 e. The van der Waals surface area contributed by atoms with Gasteiger partial charge in [0.25, 0.3) is 0 Å². The lowest BCUT2D eigenvalue weighted by Crippen LogP contribution is -2.35. The zero-order valence-electron chi connectivity index (χ0n) is 18.4. The summed E-state index contributed by atoms with van der Waals surface area (Å²) in [5, 5.41) is 2.56. The fraction of sp³-hybridized carbons (Fsp3) is 0.333. The van der Waals surface area contributed by atoms with Crippen LogP contribution in [0.25, 0.3) is 11.3 Å². The van der Waals surface area contributed by atoms with E-state index in [9.17, 15) is 13.2 Å². The molecule has 174 valence electrons. The molecule has 0 unspecified atom stereocenters. The number of ketones is 1. The number of ether oxygens (including phenoxy) is 2. The average Bonchev–Trinajstić information content (AvgIpc) is 3.32. The van der Waals surface area contributed by atoms with Gasteiger partial charge in [-0.25, -0.2) is 13.4 Å². The SMILES string of the molecule is COc1ccccc1OCC(=O)Cc1nc(-c2ccc(S(=O)(=O)N3CCCCC3)cc2)cs1. The van der Waals surface area contributed by atoms with Crippen molar-refractivity contribution in [1.29, 1.82) is 0 Å². The number of methoxy groups -OCH3 is 1. The molecule has 1 aliphatic rings. The van der Waals surface area contributed by atoms with Crippen molar-refractivity contribution in [2.45, 2.75) is 30.6 Å². The van der Waals surface area contributed by atoms with Gasteiger partial charge in [0.1, 0.15) is 11.6 Å². The van der Waals surface area contributed by atoms with Gasteiger partial charge in [-0.15, -0.1) is 11.3 Å². The number of para-hydroxylation sites is 2. The van der Waals surface area contributed by atoms with Gasteiger partial charge in [-0.1, -0.05) is 30.7 Å². The van der Waals surface area contributed by atoms with E-state index >= 15 is 0 Å². The standard InChI is InChI=1S/C24H26N2O5S2/c1-30-22-7-3-4-8-23(22)31-16-19(27)15-24-25-21(17-32-24)18-9-11-20(12-10-18)33(28,29)26-13-5-2-6-14-26/h3-4,7-12,17H,2,5-6,13-16H2,1H3. The molecule has 0 radical (unpaired) electrons. The molecular weight excluding hydrogens is 460 g/mol. The van der Waals surface area contributed by atoms with Crippen molar-refractivity contribution in [1.82, 2.24) is 9.29 Å². The third-order valence-electron chi connectivity index (χ3n) is 5.46. The number of carbonyl (C=O) groups excluding carboxylic acids is 1. The van der Waals surface area contributed by atoms with Crippen molar-refractivity contribution in [3.05, 3.63) is 58.9 Å². The molecule has 1 saturated heterocycles. The molecule has 2 heterocycles. The lowest BCUT2D eigenvalue weighted by atomic mass is 10.2. The summed E-state index contributed by atoms with van der Waals surface area (Å²) in [5.74, 6) is 1.00. The molecule has 33 heavy (non-hydrogen) atoms. The van der Waals surface area contributed by atoms with Crippen LogP contribution in [0.15, 0.2) is 58.8 Å². The van der Waals surface area contributed by atoms with Crippen LogP contribution in [0.5, 0.6) is 11.5 Å². The summed E-state index contributed by atoms with van der Waals surface area (Å²) in [4.78, 5) is 17.2. The van der Waals surface area contributed by atoms with Crippen molar-refractivity contribution in [2.24, 2.45) is 0 Å². The van der Waals surface area contributed by atoms with E-state index in [1.54, 1.807) is 47.8 Å². The summed E-state index contributed by atoms with van der Waals surface area (Å²) < 4.78 is 38.0. The van der Waals surface area contributed by atoms with Crippen molar-refractivity contribution in [3.63, 3.8) is 0 Å². The van der Waals surface area contributed by atoms with Crippen LogP contribution in [0.3, 0.4) is 0 Å². The van der Waals surface area contributed by atoms with E-state index in [-0.39, 0.29) is 18.8 Å². The number of hydrogen-bond donors (Lipinski definition) is 0. The molecule has 1 aromatic heterocycles. The fourth-order valence-corrected chi connectivity index (χ4v) is 6.04.